The first-order chi connectivity index (χ1) is 10.2. The zero-order valence-corrected chi connectivity index (χ0v) is 12.1. The minimum atomic E-state index is -0.809. The molecule has 0 aromatic heterocycles. The highest BCUT2D eigenvalue weighted by atomic mass is 16.4. The largest absolute Gasteiger partial charge is 0.481 e. The average Bonchev–Trinajstić information content (AvgIpc) is 2.52. The first-order valence-electron chi connectivity index (χ1n) is 7.46. The highest BCUT2D eigenvalue weighted by molar-refractivity contribution is 5.76. The summed E-state index contributed by atoms with van der Waals surface area (Å²) in [5.74, 6) is -1.23. The lowest BCUT2D eigenvalue weighted by Crippen LogP contribution is -2.47. The lowest BCUT2D eigenvalue weighted by atomic mass is 9.99. The van der Waals surface area contributed by atoms with Crippen LogP contribution >= 0.6 is 0 Å². The number of amides is 2. The molecule has 0 unspecified atom stereocenters. The molecule has 0 saturated carbocycles. The van der Waals surface area contributed by atoms with Gasteiger partial charge >= 0.3 is 12.0 Å². The van der Waals surface area contributed by atoms with E-state index in [2.05, 4.69) is 17.4 Å². The van der Waals surface area contributed by atoms with Crippen molar-refractivity contribution in [2.24, 2.45) is 5.92 Å². The Hall–Kier alpha value is -2.04. The average molecular weight is 290 g/mol. The number of benzene rings is 1. The summed E-state index contributed by atoms with van der Waals surface area (Å²) >= 11 is 0. The van der Waals surface area contributed by atoms with Crippen LogP contribution in [-0.4, -0.2) is 41.6 Å². The van der Waals surface area contributed by atoms with E-state index in [1.165, 1.54) is 5.56 Å². The van der Waals surface area contributed by atoms with E-state index in [-0.39, 0.29) is 6.03 Å². The Kier molecular flexibility index (Phi) is 5.60. The molecule has 2 amide bonds. The molecule has 0 spiro atoms. The summed E-state index contributed by atoms with van der Waals surface area (Å²) in [5, 5.41) is 11.9. The third kappa shape index (κ3) is 4.77. The van der Waals surface area contributed by atoms with Gasteiger partial charge in [0.25, 0.3) is 0 Å². The molecule has 1 fully saturated rings. The lowest BCUT2D eigenvalue weighted by Gasteiger charge is -2.30. The van der Waals surface area contributed by atoms with E-state index in [9.17, 15) is 9.59 Å². The van der Waals surface area contributed by atoms with Crippen LogP contribution in [0.3, 0.4) is 0 Å². The van der Waals surface area contributed by atoms with E-state index in [4.69, 9.17) is 5.11 Å². The maximum Gasteiger partial charge on any atom is 0.317 e. The molecular formula is C16H22N2O3. The van der Waals surface area contributed by atoms with Crippen molar-refractivity contribution in [1.29, 1.82) is 0 Å². The Morgan fingerprint density at radius 1 is 1.29 bits per heavy atom. The van der Waals surface area contributed by atoms with Gasteiger partial charge in [0.2, 0.25) is 0 Å². The fourth-order valence-electron chi connectivity index (χ4n) is 2.61. The van der Waals surface area contributed by atoms with E-state index < -0.39 is 11.9 Å². The zero-order valence-electron chi connectivity index (χ0n) is 12.1. The number of nitrogens with one attached hydrogen (secondary N) is 1. The number of aryl methyl sites for hydroxylation is 1. The van der Waals surface area contributed by atoms with Crippen LogP contribution in [0, 0.1) is 5.92 Å². The van der Waals surface area contributed by atoms with Gasteiger partial charge in [-0.15, -0.1) is 0 Å². The number of piperidine rings is 1. The molecule has 1 atom stereocenters. The second-order valence-electron chi connectivity index (χ2n) is 5.44. The summed E-state index contributed by atoms with van der Waals surface area (Å²) in [5.41, 5.74) is 1.26. The molecular weight excluding hydrogens is 268 g/mol. The van der Waals surface area contributed by atoms with Crippen molar-refractivity contribution in [1.82, 2.24) is 10.2 Å². The predicted octanol–water partition coefficient (Wildman–Crippen LogP) is 2.13. The Morgan fingerprint density at radius 3 is 2.76 bits per heavy atom. The number of hydrogen-bond donors (Lipinski definition) is 2. The van der Waals surface area contributed by atoms with Crippen LogP contribution in [0.5, 0.6) is 0 Å². The van der Waals surface area contributed by atoms with Gasteiger partial charge in [-0.25, -0.2) is 4.79 Å². The van der Waals surface area contributed by atoms with Crippen LogP contribution in [0.15, 0.2) is 30.3 Å². The second-order valence-corrected chi connectivity index (χ2v) is 5.44. The minimum absolute atomic E-state index is 0.144. The van der Waals surface area contributed by atoms with Crippen molar-refractivity contribution in [2.45, 2.75) is 25.7 Å². The van der Waals surface area contributed by atoms with Gasteiger partial charge in [0.1, 0.15) is 0 Å². The first-order valence-corrected chi connectivity index (χ1v) is 7.46. The number of carbonyl (C=O) groups excluding carboxylic acids is 1. The standard InChI is InChI=1S/C16H22N2O3/c19-15(20)14-9-5-11-18(12-14)16(21)17-10-4-8-13-6-2-1-3-7-13/h1-3,6-7,14H,4-5,8-12H2,(H,17,21)(H,19,20)/t14-/m1/s1. The summed E-state index contributed by atoms with van der Waals surface area (Å²) in [6.45, 7) is 1.58. The molecule has 1 aliphatic rings. The number of carboxylic acids is 1. The molecule has 5 heteroatoms. The topological polar surface area (TPSA) is 69.6 Å². The summed E-state index contributed by atoms with van der Waals surface area (Å²) in [4.78, 5) is 24.6. The van der Waals surface area contributed by atoms with Gasteiger partial charge < -0.3 is 15.3 Å². The summed E-state index contributed by atoms with van der Waals surface area (Å²) in [6, 6.07) is 10.0. The molecule has 0 bridgehead atoms. The number of rotatable bonds is 5. The van der Waals surface area contributed by atoms with Crippen LogP contribution in [0.25, 0.3) is 0 Å². The molecule has 0 radical (unpaired) electrons. The van der Waals surface area contributed by atoms with E-state index in [1.54, 1.807) is 4.90 Å². The molecule has 114 valence electrons. The SMILES string of the molecule is O=C(O)[C@@H]1CCCN(C(=O)NCCCc2ccccc2)C1. The van der Waals surface area contributed by atoms with Gasteiger partial charge in [-0.1, -0.05) is 30.3 Å². The van der Waals surface area contributed by atoms with Crippen molar-refractivity contribution in [3.05, 3.63) is 35.9 Å². The Bertz CT molecular complexity index is 476. The van der Waals surface area contributed by atoms with Gasteiger partial charge in [-0.05, 0) is 31.2 Å². The normalized spacial score (nSPS) is 18.3. The van der Waals surface area contributed by atoms with Crippen LogP contribution < -0.4 is 5.32 Å². The van der Waals surface area contributed by atoms with Crippen LogP contribution in [0.4, 0.5) is 4.79 Å². The monoisotopic (exact) mass is 290 g/mol. The quantitative estimate of drug-likeness (QED) is 0.816. The summed E-state index contributed by atoms with van der Waals surface area (Å²) < 4.78 is 0. The number of nitrogens with zero attached hydrogens (tertiary/aromatic N) is 1. The third-order valence-corrected chi connectivity index (χ3v) is 3.82. The molecule has 21 heavy (non-hydrogen) atoms. The van der Waals surface area contributed by atoms with E-state index >= 15 is 0 Å². The van der Waals surface area contributed by atoms with E-state index in [0.29, 0.717) is 26.1 Å². The molecule has 2 rings (SSSR count). The maximum atomic E-state index is 12.0. The zero-order chi connectivity index (χ0) is 15.1. The van der Waals surface area contributed by atoms with E-state index in [0.717, 1.165) is 19.3 Å². The molecule has 1 heterocycles. The highest BCUT2D eigenvalue weighted by Crippen LogP contribution is 2.16. The third-order valence-electron chi connectivity index (χ3n) is 3.82. The number of hydrogen-bond acceptors (Lipinski definition) is 2. The molecule has 1 aliphatic heterocycles. The van der Waals surface area contributed by atoms with Gasteiger partial charge in [-0.3, -0.25) is 4.79 Å². The van der Waals surface area contributed by atoms with Crippen LogP contribution in [-0.2, 0) is 11.2 Å². The molecule has 5 nitrogen and oxygen atoms in total. The van der Waals surface area contributed by atoms with Crippen LogP contribution in [0.1, 0.15) is 24.8 Å². The molecule has 0 aliphatic carbocycles. The number of aliphatic carboxylic acids is 1. The van der Waals surface area contributed by atoms with Gasteiger partial charge in [-0.2, -0.15) is 0 Å². The second kappa shape index (κ2) is 7.67. The predicted molar refractivity (Wildman–Crippen MR) is 80.1 cm³/mol. The Morgan fingerprint density at radius 2 is 2.05 bits per heavy atom. The molecule has 1 aromatic carbocycles. The summed E-state index contributed by atoms with van der Waals surface area (Å²) in [7, 11) is 0. The first kappa shape index (κ1) is 15.4. The van der Waals surface area contributed by atoms with Gasteiger partial charge in [0, 0.05) is 19.6 Å². The van der Waals surface area contributed by atoms with E-state index in [1.807, 2.05) is 18.2 Å². The number of urea groups is 1. The smallest absolute Gasteiger partial charge is 0.317 e. The highest BCUT2D eigenvalue weighted by Gasteiger charge is 2.27. The van der Waals surface area contributed by atoms with Crippen molar-refractivity contribution in [3.8, 4) is 0 Å². The van der Waals surface area contributed by atoms with Gasteiger partial charge in [0.05, 0.1) is 5.92 Å². The summed E-state index contributed by atoms with van der Waals surface area (Å²) in [6.07, 6.45) is 3.23. The van der Waals surface area contributed by atoms with Crippen molar-refractivity contribution < 1.29 is 14.7 Å². The van der Waals surface area contributed by atoms with Crippen molar-refractivity contribution in [3.63, 3.8) is 0 Å². The van der Waals surface area contributed by atoms with Gasteiger partial charge in [0.15, 0.2) is 0 Å². The van der Waals surface area contributed by atoms with Crippen molar-refractivity contribution >= 4 is 12.0 Å². The minimum Gasteiger partial charge on any atom is -0.481 e. The van der Waals surface area contributed by atoms with Crippen LogP contribution in [0.2, 0.25) is 0 Å². The van der Waals surface area contributed by atoms with Crippen molar-refractivity contribution in [2.75, 3.05) is 19.6 Å². The molecule has 2 N–H and O–H groups in total. The lowest BCUT2D eigenvalue weighted by molar-refractivity contribution is -0.143. The molecule has 1 saturated heterocycles. The maximum absolute atomic E-state index is 12.0. The number of likely N-dealkylation sites (tertiary alicyclic amines) is 1. The number of carbonyl (C=O) groups is 2. The number of carboxylic acid groups (broad SMARTS) is 1. The molecule has 1 aromatic rings. The fourth-order valence-corrected chi connectivity index (χ4v) is 2.61. The Labute approximate surface area is 125 Å². The Balaban J connectivity index is 1.68. The fraction of sp³-hybridized carbons (Fsp3) is 0.500.